The van der Waals surface area contributed by atoms with Crippen LogP contribution in [0.2, 0.25) is 0 Å². The molecule has 0 aliphatic rings. The summed E-state index contributed by atoms with van der Waals surface area (Å²) in [5.74, 6) is -2.94. The van der Waals surface area contributed by atoms with Crippen molar-refractivity contribution in [1.29, 1.82) is 0 Å². The fourth-order valence-corrected chi connectivity index (χ4v) is 0.714. The average molecular weight is 322 g/mol. The SMILES string of the molecule is C=CC(=O)O.C=CC(=O)O.C=CC(=O)O.CCc1ccccc1. The number of carboxylic acids is 3. The highest BCUT2D eigenvalue weighted by atomic mass is 16.4. The van der Waals surface area contributed by atoms with Gasteiger partial charge in [-0.15, -0.1) is 0 Å². The third-order valence-corrected chi connectivity index (χ3v) is 1.77. The molecule has 0 atom stereocenters. The fourth-order valence-electron chi connectivity index (χ4n) is 0.714. The van der Waals surface area contributed by atoms with E-state index in [1.165, 1.54) is 5.56 Å². The van der Waals surface area contributed by atoms with Crippen LogP contribution in [0.4, 0.5) is 0 Å². The maximum atomic E-state index is 9.25. The first kappa shape index (κ1) is 24.8. The van der Waals surface area contributed by atoms with Gasteiger partial charge < -0.3 is 15.3 Å². The molecule has 0 aliphatic heterocycles. The van der Waals surface area contributed by atoms with Crippen molar-refractivity contribution >= 4 is 17.9 Å². The summed E-state index contributed by atoms with van der Waals surface area (Å²) in [5, 5.41) is 22.8. The summed E-state index contributed by atoms with van der Waals surface area (Å²) in [7, 11) is 0. The summed E-state index contributed by atoms with van der Waals surface area (Å²) in [6, 6.07) is 10.5. The minimum absolute atomic E-state index is 0.833. The third-order valence-electron chi connectivity index (χ3n) is 1.77. The van der Waals surface area contributed by atoms with Crippen LogP contribution >= 0.6 is 0 Å². The number of aliphatic carboxylic acids is 3. The number of hydrogen-bond donors (Lipinski definition) is 3. The Morgan fingerprint density at radius 2 is 1.09 bits per heavy atom. The van der Waals surface area contributed by atoms with Crippen molar-refractivity contribution in [3.63, 3.8) is 0 Å². The van der Waals surface area contributed by atoms with Crippen molar-refractivity contribution < 1.29 is 29.7 Å². The Labute approximate surface area is 135 Å². The number of carboxylic acid groups (broad SMARTS) is 3. The van der Waals surface area contributed by atoms with E-state index >= 15 is 0 Å². The van der Waals surface area contributed by atoms with E-state index in [2.05, 4.69) is 50.9 Å². The molecule has 6 nitrogen and oxygen atoms in total. The average Bonchev–Trinajstić information content (AvgIpc) is 2.57. The molecule has 6 heteroatoms. The highest BCUT2D eigenvalue weighted by Gasteiger charge is 1.80. The zero-order valence-corrected chi connectivity index (χ0v) is 13.0. The molecule has 3 N–H and O–H groups in total. The Bertz CT molecular complexity index is 448. The summed E-state index contributed by atoms with van der Waals surface area (Å²) < 4.78 is 0. The van der Waals surface area contributed by atoms with Gasteiger partial charge in [-0.05, 0) is 12.0 Å². The second kappa shape index (κ2) is 18.9. The van der Waals surface area contributed by atoms with Crippen LogP contribution in [-0.4, -0.2) is 33.2 Å². The quantitative estimate of drug-likeness (QED) is 0.735. The van der Waals surface area contributed by atoms with E-state index < -0.39 is 17.9 Å². The van der Waals surface area contributed by atoms with Crippen LogP contribution in [0.5, 0.6) is 0 Å². The molecule has 0 fully saturated rings. The zero-order valence-electron chi connectivity index (χ0n) is 13.0. The Morgan fingerprint density at radius 1 is 0.826 bits per heavy atom. The first-order valence-electron chi connectivity index (χ1n) is 6.35. The van der Waals surface area contributed by atoms with Gasteiger partial charge in [-0.25, -0.2) is 14.4 Å². The number of aryl methyl sites for hydroxylation is 1. The van der Waals surface area contributed by atoms with E-state index in [0.717, 1.165) is 24.6 Å². The van der Waals surface area contributed by atoms with Crippen molar-refractivity contribution in [2.24, 2.45) is 0 Å². The Balaban J connectivity index is -0.000000240. The number of rotatable bonds is 4. The first-order chi connectivity index (χ1) is 10.7. The molecule has 126 valence electrons. The third kappa shape index (κ3) is 32.4. The molecule has 1 aromatic carbocycles. The molecule has 0 radical (unpaired) electrons. The number of hydrogen-bond acceptors (Lipinski definition) is 3. The molecule has 0 bridgehead atoms. The maximum absolute atomic E-state index is 9.25. The molecule has 0 aliphatic carbocycles. The lowest BCUT2D eigenvalue weighted by atomic mass is 10.2. The minimum Gasteiger partial charge on any atom is -0.478 e. The normalized spacial score (nSPS) is 7.35. The molecule has 0 spiro atoms. The summed E-state index contributed by atoms with van der Waals surface area (Å²) in [5.41, 5.74) is 1.41. The molecular formula is C17H22O6. The molecule has 1 rings (SSSR count). The van der Waals surface area contributed by atoms with Crippen LogP contribution in [0.3, 0.4) is 0 Å². The molecule has 1 aromatic rings. The fraction of sp³-hybridized carbons (Fsp3) is 0.118. The predicted molar refractivity (Wildman–Crippen MR) is 89.3 cm³/mol. The van der Waals surface area contributed by atoms with E-state index in [1.54, 1.807) is 0 Å². The van der Waals surface area contributed by atoms with Crippen molar-refractivity contribution in [3.8, 4) is 0 Å². The highest BCUT2D eigenvalue weighted by Crippen LogP contribution is 1.96. The molecule has 0 unspecified atom stereocenters. The first-order valence-corrected chi connectivity index (χ1v) is 6.35. The highest BCUT2D eigenvalue weighted by molar-refractivity contribution is 5.79. The van der Waals surface area contributed by atoms with Gasteiger partial charge in [-0.2, -0.15) is 0 Å². The molecule has 23 heavy (non-hydrogen) atoms. The summed E-state index contributed by atoms with van der Waals surface area (Å²) in [4.78, 5) is 27.8. The van der Waals surface area contributed by atoms with Gasteiger partial charge in [-0.1, -0.05) is 57.0 Å². The van der Waals surface area contributed by atoms with Crippen LogP contribution in [0.15, 0.2) is 68.3 Å². The van der Waals surface area contributed by atoms with Gasteiger partial charge in [0, 0.05) is 18.2 Å². The van der Waals surface area contributed by atoms with Gasteiger partial charge in [0.25, 0.3) is 0 Å². The Kier molecular flexibility index (Phi) is 20.4. The van der Waals surface area contributed by atoms with Crippen molar-refractivity contribution in [2.45, 2.75) is 13.3 Å². The lowest BCUT2D eigenvalue weighted by Crippen LogP contribution is -1.82. The van der Waals surface area contributed by atoms with Gasteiger partial charge in [0.1, 0.15) is 0 Å². The van der Waals surface area contributed by atoms with Crippen LogP contribution in [-0.2, 0) is 20.8 Å². The lowest BCUT2D eigenvalue weighted by Gasteiger charge is -1.89. The van der Waals surface area contributed by atoms with Gasteiger partial charge in [0.05, 0.1) is 0 Å². The lowest BCUT2D eigenvalue weighted by molar-refractivity contribution is -0.132. The molecular weight excluding hydrogens is 300 g/mol. The molecule has 0 aromatic heterocycles. The monoisotopic (exact) mass is 322 g/mol. The maximum Gasteiger partial charge on any atom is 0.327 e. The molecule has 0 amide bonds. The van der Waals surface area contributed by atoms with E-state index in [1.807, 2.05) is 6.07 Å². The number of benzene rings is 1. The van der Waals surface area contributed by atoms with E-state index in [-0.39, 0.29) is 0 Å². The smallest absolute Gasteiger partial charge is 0.327 e. The van der Waals surface area contributed by atoms with E-state index in [4.69, 9.17) is 15.3 Å². The molecule has 0 saturated heterocycles. The second-order valence-corrected chi connectivity index (χ2v) is 3.47. The molecule has 0 heterocycles. The van der Waals surface area contributed by atoms with Gasteiger partial charge in [0.2, 0.25) is 0 Å². The van der Waals surface area contributed by atoms with Crippen LogP contribution < -0.4 is 0 Å². The predicted octanol–water partition coefficient (Wildman–Crippen LogP) is 3.02. The minimum atomic E-state index is -0.981. The summed E-state index contributed by atoms with van der Waals surface area (Å²) >= 11 is 0. The summed E-state index contributed by atoms with van der Waals surface area (Å²) in [6.07, 6.45) is 3.64. The van der Waals surface area contributed by atoms with Crippen molar-refractivity contribution in [3.05, 3.63) is 73.9 Å². The van der Waals surface area contributed by atoms with Crippen LogP contribution in [0.1, 0.15) is 12.5 Å². The van der Waals surface area contributed by atoms with Crippen molar-refractivity contribution in [1.82, 2.24) is 0 Å². The number of carbonyl (C=O) groups is 3. The van der Waals surface area contributed by atoms with Crippen LogP contribution in [0, 0.1) is 0 Å². The molecule has 0 saturated carbocycles. The van der Waals surface area contributed by atoms with Gasteiger partial charge >= 0.3 is 17.9 Å². The van der Waals surface area contributed by atoms with E-state index in [0.29, 0.717) is 0 Å². The Hall–Kier alpha value is -3.15. The topological polar surface area (TPSA) is 112 Å². The zero-order chi connectivity index (χ0) is 18.7. The standard InChI is InChI=1S/C8H10.3C3H4O2/c1-2-8-6-4-3-5-7-8;3*1-2-3(4)5/h3-7H,2H2,1H3;3*2H,1H2,(H,4,5). The Morgan fingerprint density at radius 3 is 1.22 bits per heavy atom. The summed E-state index contributed by atoms with van der Waals surface area (Å²) in [6.45, 7) is 11.0. The van der Waals surface area contributed by atoms with Gasteiger partial charge in [0.15, 0.2) is 0 Å². The van der Waals surface area contributed by atoms with E-state index in [9.17, 15) is 14.4 Å². The van der Waals surface area contributed by atoms with Gasteiger partial charge in [-0.3, -0.25) is 0 Å². The van der Waals surface area contributed by atoms with Crippen LogP contribution in [0.25, 0.3) is 0 Å². The van der Waals surface area contributed by atoms with Crippen molar-refractivity contribution in [2.75, 3.05) is 0 Å². The largest absolute Gasteiger partial charge is 0.478 e. The second-order valence-electron chi connectivity index (χ2n) is 3.47.